The standard InChI is InChI=1S/C19H35N3O3.HI/c1-18(2,3)25-16(24)14-9-11-22(12-14)17(20-5)21-13-19(4)10-7-6-8-15(19)23;/h14-15,23H,6-13H2,1-5H3,(H,20,21);1H. The molecule has 6 nitrogen and oxygen atoms in total. The second-order valence-corrected chi connectivity index (χ2v) is 8.78. The molecule has 1 saturated carbocycles. The van der Waals surface area contributed by atoms with Crippen LogP contribution in [-0.2, 0) is 9.53 Å². The van der Waals surface area contributed by atoms with E-state index >= 15 is 0 Å². The highest BCUT2D eigenvalue weighted by Crippen LogP contribution is 2.35. The maximum Gasteiger partial charge on any atom is 0.311 e. The number of aliphatic hydroxyl groups is 1. The van der Waals surface area contributed by atoms with Crippen LogP contribution in [0.15, 0.2) is 4.99 Å². The van der Waals surface area contributed by atoms with E-state index in [4.69, 9.17) is 4.74 Å². The molecule has 2 N–H and O–H groups in total. The fourth-order valence-corrected chi connectivity index (χ4v) is 3.73. The Morgan fingerprint density at radius 3 is 2.62 bits per heavy atom. The number of nitrogens with zero attached hydrogens (tertiary/aromatic N) is 2. The fraction of sp³-hybridized carbons (Fsp3) is 0.895. The third kappa shape index (κ3) is 6.25. The summed E-state index contributed by atoms with van der Waals surface area (Å²) in [5, 5.41) is 13.8. The van der Waals surface area contributed by atoms with Crippen molar-refractivity contribution >= 4 is 35.9 Å². The van der Waals surface area contributed by atoms with E-state index in [1.54, 1.807) is 7.05 Å². The van der Waals surface area contributed by atoms with Gasteiger partial charge in [0.1, 0.15) is 5.60 Å². The van der Waals surface area contributed by atoms with E-state index in [1.807, 2.05) is 20.8 Å². The van der Waals surface area contributed by atoms with Crippen molar-refractivity contribution in [3.8, 4) is 0 Å². The topological polar surface area (TPSA) is 74.2 Å². The summed E-state index contributed by atoms with van der Waals surface area (Å²) in [5.41, 5.74) is -0.561. The third-order valence-electron chi connectivity index (χ3n) is 5.37. The van der Waals surface area contributed by atoms with Crippen molar-refractivity contribution < 1.29 is 14.6 Å². The number of likely N-dealkylation sites (tertiary alicyclic amines) is 1. The molecule has 1 heterocycles. The molecule has 26 heavy (non-hydrogen) atoms. The van der Waals surface area contributed by atoms with E-state index in [0.717, 1.165) is 44.6 Å². The van der Waals surface area contributed by atoms with Gasteiger partial charge < -0.3 is 20.1 Å². The molecule has 2 rings (SSSR count). The second-order valence-electron chi connectivity index (χ2n) is 8.78. The van der Waals surface area contributed by atoms with Crippen molar-refractivity contribution in [2.45, 2.75) is 71.5 Å². The summed E-state index contributed by atoms with van der Waals surface area (Å²) in [6, 6.07) is 0. The van der Waals surface area contributed by atoms with E-state index in [2.05, 4.69) is 22.1 Å². The molecule has 0 bridgehead atoms. The Labute approximate surface area is 175 Å². The minimum Gasteiger partial charge on any atom is -0.460 e. The van der Waals surface area contributed by atoms with Crippen LogP contribution in [0.2, 0.25) is 0 Å². The van der Waals surface area contributed by atoms with E-state index in [-0.39, 0.29) is 47.4 Å². The summed E-state index contributed by atoms with van der Waals surface area (Å²) in [5.74, 6) is 0.582. The Morgan fingerprint density at radius 1 is 1.35 bits per heavy atom. The predicted molar refractivity (Wildman–Crippen MR) is 115 cm³/mol. The summed E-state index contributed by atoms with van der Waals surface area (Å²) in [4.78, 5) is 18.8. The molecule has 0 spiro atoms. The van der Waals surface area contributed by atoms with Gasteiger partial charge in [-0.3, -0.25) is 9.79 Å². The van der Waals surface area contributed by atoms with Crippen molar-refractivity contribution in [3.63, 3.8) is 0 Å². The SMILES string of the molecule is CN=C(NCC1(C)CCCCC1O)N1CCC(C(=O)OC(C)(C)C)C1.I. The zero-order valence-electron chi connectivity index (χ0n) is 16.9. The number of aliphatic hydroxyl groups excluding tert-OH is 1. The molecule has 2 aliphatic rings. The molecule has 0 aromatic heterocycles. The number of ether oxygens (including phenoxy) is 1. The number of carbonyl (C=O) groups excluding carboxylic acids is 1. The molecule has 3 unspecified atom stereocenters. The Hall–Kier alpha value is -0.570. The molecular weight excluding hydrogens is 445 g/mol. The quantitative estimate of drug-likeness (QED) is 0.281. The van der Waals surface area contributed by atoms with Gasteiger partial charge in [0, 0.05) is 32.1 Å². The maximum atomic E-state index is 12.3. The first-order valence-corrected chi connectivity index (χ1v) is 9.51. The van der Waals surface area contributed by atoms with Crippen LogP contribution in [0.3, 0.4) is 0 Å². The van der Waals surface area contributed by atoms with Crippen LogP contribution >= 0.6 is 24.0 Å². The van der Waals surface area contributed by atoms with Gasteiger partial charge in [0.25, 0.3) is 0 Å². The lowest BCUT2D eigenvalue weighted by molar-refractivity contribution is -0.159. The van der Waals surface area contributed by atoms with E-state index in [9.17, 15) is 9.90 Å². The molecule has 0 amide bonds. The van der Waals surface area contributed by atoms with Gasteiger partial charge in [-0.15, -0.1) is 24.0 Å². The van der Waals surface area contributed by atoms with E-state index in [1.165, 1.54) is 0 Å². The first-order valence-electron chi connectivity index (χ1n) is 9.51. The molecule has 7 heteroatoms. The average Bonchev–Trinajstić information content (AvgIpc) is 2.99. The highest BCUT2D eigenvalue weighted by molar-refractivity contribution is 14.0. The molecule has 1 saturated heterocycles. The zero-order valence-corrected chi connectivity index (χ0v) is 19.2. The molecule has 2 fully saturated rings. The number of rotatable bonds is 3. The van der Waals surface area contributed by atoms with Gasteiger partial charge in [-0.2, -0.15) is 0 Å². The minimum atomic E-state index is -0.448. The van der Waals surface area contributed by atoms with Gasteiger partial charge in [-0.1, -0.05) is 19.8 Å². The van der Waals surface area contributed by atoms with Crippen molar-refractivity contribution in [3.05, 3.63) is 0 Å². The third-order valence-corrected chi connectivity index (χ3v) is 5.37. The van der Waals surface area contributed by atoms with Gasteiger partial charge in [-0.05, 0) is 40.0 Å². The Bertz CT molecular complexity index is 507. The summed E-state index contributed by atoms with van der Waals surface area (Å²) >= 11 is 0. The highest BCUT2D eigenvalue weighted by Gasteiger charge is 2.37. The molecule has 0 aromatic rings. The lowest BCUT2D eigenvalue weighted by Gasteiger charge is -2.39. The number of aliphatic imine (C=N–C) groups is 1. The highest BCUT2D eigenvalue weighted by atomic mass is 127. The molecule has 1 aliphatic carbocycles. The number of halogens is 1. The summed E-state index contributed by atoms with van der Waals surface area (Å²) < 4.78 is 5.51. The molecular formula is C19H36IN3O3. The van der Waals surface area contributed by atoms with Gasteiger partial charge in [0.05, 0.1) is 12.0 Å². The van der Waals surface area contributed by atoms with Crippen LogP contribution in [0.25, 0.3) is 0 Å². The average molecular weight is 481 g/mol. The lowest BCUT2D eigenvalue weighted by atomic mass is 9.73. The molecule has 3 atom stereocenters. The van der Waals surface area contributed by atoms with E-state index < -0.39 is 5.60 Å². The van der Waals surface area contributed by atoms with Crippen LogP contribution in [0.5, 0.6) is 0 Å². The van der Waals surface area contributed by atoms with Crippen molar-refractivity contribution in [1.82, 2.24) is 10.2 Å². The van der Waals surface area contributed by atoms with Gasteiger partial charge >= 0.3 is 5.97 Å². The number of nitrogens with one attached hydrogen (secondary N) is 1. The van der Waals surface area contributed by atoms with Gasteiger partial charge in [-0.25, -0.2) is 0 Å². The lowest BCUT2D eigenvalue weighted by Crippen LogP contribution is -2.49. The first-order chi connectivity index (χ1) is 11.6. The van der Waals surface area contributed by atoms with Crippen molar-refractivity contribution in [2.24, 2.45) is 16.3 Å². The predicted octanol–water partition coefficient (Wildman–Crippen LogP) is 2.78. The fourth-order valence-electron chi connectivity index (χ4n) is 3.73. The van der Waals surface area contributed by atoms with Crippen LogP contribution < -0.4 is 5.32 Å². The van der Waals surface area contributed by atoms with Crippen molar-refractivity contribution in [2.75, 3.05) is 26.7 Å². The van der Waals surface area contributed by atoms with Crippen LogP contribution in [0.1, 0.15) is 59.8 Å². The Morgan fingerprint density at radius 2 is 2.04 bits per heavy atom. The molecule has 152 valence electrons. The van der Waals surface area contributed by atoms with Gasteiger partial charge in [0.15, 0.2) is 5.96 Å². The minimum absolute atomic E-state index is 0. The van der Waals surface area contributed by atoms with E-state index in [0.29, 0.717) is 13.1 Å². The maximum absolute atomic E-state index is 12.3. The van der Waals surface area contributed by atoms with Crippen LogP contribution in [0, 0.1) is 11.3 Å². The van der Waals surface area contributed by atoms with Crippen LogP contribution in [0.4, 0.5) is 0 Å². The summed E-state index contributed by atoms with van der Waals surface area (Å²) in [6.07, 6.45) is 4.70. The zero-order chi connectivity index (χ0) is 18.7. The Balaban J connectivity index is 0.00000338. The largest absolute Gasteiger partial charge is 0.460 e. The number of esters is 1. The second kappa shape index (κ2) is 9.57. The molecule has 1 aliphatic heterocycles. The smallest absolute Gasteiger partial charge is 0.311 e. The molecule has 0 radical (unpaired) electrons. The summed E-state index contributed by atoms with van der Waals surface area (Å²) in [6.45, 7) is 9.96. The monoisotopic (exact) mass is 481 g/mol. The van der Waals surface area contributed by atoms with Crippen molar-refractivity contribution in [1.29, 1.82) is 0 Å². The first kappa shape index (κ1) is 23.5. The number of guanidine groups is 1. The number of hydrogen-bond acceptors (Lipinski definition) is 4. The number of hydrogen-bond donors (Lipinski definition) is 2. The Kier molecular flexibility index (Phi) is 8.64. The summed E-state index contributed by atoms with van der Waals surface area (Å²) in [7, 11) is 1.77. The van der Waals surface area contributed by atoms with Gasteiger partial charge in [0.2, 0.25) is 0 Å². The normalized spacial score (nSPS) is 29.9. The van der Waals surface area contributed by atoms with Crippen LogP contribution in [-0.4, -0.2) is 60.3 Å². The molecule has 0 aromatic carbocycles. The number of carbonyl (C=O) groups is 1.